The van der Waals surface area contributed by atoms with Crippen LogP contribution in [0.5, 0.6) is 0 Å². The van der Waals surface area contributed by atoms with Crippen LogP contribution in [0.1, 0.15) is 42.7 Å². The van der Waals surface area contributed by atoms with Crippen LogP contribution in [0.25, 0.3) is 10.9 Å². The van der Waals surface area contributed by atoms with Gasteiger partial charge in [0.25, 0.3) is 0 Å². The molecule has 1 unspecified atom stereocenters. The van der Waals surface area contributed by atoms with Crippen molar-refractivity contribution in [3.8, 4) is 0 Å². The zero-order valence-electron chi connectivity index (χ0n) is 19.4. The normalized spacial score (nSPS) is 25.3. The van der Waals surface area contributed by atoms with Gasteiger partial charge >= 0.3 is 6.18 Å². The van der Waals surface area contributed by atoms with E-state index < -0.39 is 11.7 Å². The first-order valence-corrected chi connectivity index (χ1v) is 11.9. The number of likely N-dealkylation sites (tertiary alicyclic amines) is 1. The van der Waals surface area contributed by atoms with Gasteiger partial charge in [0.05, 0.1) is 17.0 Å². The number of carbonyl (C=O) groups is 1. The molecule has 5 rings (SSSR count). The predicted octanol–water partition coefficient (Wildman–Crippen LogP) is 6.24. The smallest absolute Gasteiger partial charge is 0.326 e. The van der Waals surface area contributed by atoms with Crippen molar-refractivity contribution < 1.29 is 22.4 Å². The number of rotatable bonds is 3. The van der Waals surface area contributed by atoms with Crippen molar-refractivity contribution in [2.75, 3.05) is 25.5 Å². The Balaban J connectivity index is 1.32. The molecule has 8 heteroatoms. The Hall–Kier alpha value is -3.00. The third kappa shape index (κ3) is 4.63. The minimum atomic E-state index is -4.41. The molecule has 1 atom stereocenters. The van der Waals surface area contributed by atoms with Crippen LogP contribution >= 0.6 is 0 Å². The maximum absolute atomic E-state index is 13.9. The largest absolute Gasteiger partial charge is 0.416 e. The molecule has 184 valence electrons. The lowest BCUT2D eigenvalue weighted by Crippen LogP contribution is -2.40. The van der Waals surface area contributed by atoms with Gasteiger partial charge in [0.1, 0.15) is 5.82 Å². The highest BCUT2D eigenvalue weighted by Crippen LogP contribution is 2.51. The predicted molar refractivity (Wildman–Crippen MR) is 126 cm³/mol. The molecule has 1 N–H and O–H groups in total. The van der Waals surface area contributed by atoms with Gasteiger partial charge in [0.15, 0.2) is 0 Å². The van der Waals surface area contributed by atoms with Crippen LogP contribution in [0.4, 0.5) is 23.2 Å². The Labute approximate surface area is 201 Å². The van der Waals surface area contributed by atoms with Crippen LogP contribution < -0.4 is 5.32 Å². The Morgan fingerprint density at radius 3 is 2.49 bits per heavy atom. The number of nitrogens with zero attached hydrogens (tertiary/aromatic N) is 2. The third-order valence-corrected chi connectivity index (χ3v) is 7.77. The van der Waals surface area contributed by atoms with E-state index in [0.717, 1.165) is 60.8 Å². The molecular weight excluding hydrogens is 458 g/mol. The Kier molecular flexibility index (Phi) is 6.03. The van der Waals surface area contributed by atoms with Crippen LogP contribution in [-0.2, 0) is 11.0 Å². The zero-order chi connectivity index (χ0) is 24.8. The van der Waals surface area contributed by atoms with E-state index in [0.29, 0.717) is 12.2 Å². The summed E-state index contributed by atoms with van der Waals surface area (Å²) >= 11 is 0. The van der Waals surface area contributed by atoms with Gasteiger partial charge in [-0.1, -0.05) is 0 Å². The fraction of sp³-hybridized carbons (Fsp3) is 0.407. The highest BCUT2D eigenvalue weighted by atomic mass is 19.4. The summed E-state index contributed by atoms with van der Waals surface area (Å²) in [6.07, 6.45) is 0.828. The standard InChI is InChI=1S/C27H27F4N3O/c1-34-15-23(25(35)33-20-5-2-18(3-6-20)27(29,30)31)26(16-34)11-8-17(9-12-26)21-10-13-32-24-7-4-19(28)14-22(21)24/h2-7,10,13-14,17,23H,8-9,11-12,15-16H2,1H3,(H,33,35). The summed E-state index contributed by atoms with van der Waals surface area (Å²) in [7, 11) is 2.00. The number of pyridine rings is 1. The number of carbonyl (C=O) groups excluding carboxylic acids is 1. The van der Waals surface area contributed by atoms with Crippen LogP contribution in [-0.4, -0.2) is 35.9 Å². The first kappa shape index (κ1) is 23.7. The van der Waals surface area contributed by atoms with Crippen molar-refractivity contribution >= 4 is 22.5 Å². The average Bonchev–Trinajstić information content (AvgIpc) is 3.14. The van der Waals surface area contributed by atoms with Gasteiger partial charge < -0.3 is 10.2 Å². The van der Waals surface area contributed by atoms with Crippen LogP contribution in [0, 0.1) is 17.2 Å². The molecule has 3 aromatic rings. The van der Waals surface area contributed by atoms with E-state index >= 15 is 0 Å². The fourth-order valence-electron chi connectivity index (χ4n) is 6.06. The van der Waals surface area contributed by atoms with Crippen LogP contribution in [0.3, 0.4) is 0 Å². The van der Waals surface area contributed by atoms with E-state index in [2.05, 4.69) is 15.2 Å². The highest BCUT2D eigenvalue weighted by Gasteiger charge is 2.50. The number of nitrogens with one attached hydrogen (secondary N) is 1. The van der Waals surface area contributed by atoms with E-state index in [9.17, 15) is 22.4 Å². The van der Waals surface area contributed by atoms with E-state index in [-0.39, 0.29) is 29.0 Å². The molecule has 4 nitrogen and oxygen atoms in total. The number of aromatic nitrogens is 1. The maximum Gasteiger partial charge on any atom is 0.416 e. The molecule has 2 aromatic carbocycles. The molecule has 1 aliphatic carbocycles. The number of halogens is 4. The molecule has 0 bridgehead atoms. The van der Waals surface area contributed by atoms with Gasteiger partial charge in [-0.2, -0.15) is 13.2 Å². The second-order valence-corrected chi connectivity index (χ2v) is 10.0. The van der Waals surface area contributed by atoms with Crippen molar-refractivity contribution in [3.05, 3.63) is 71.7 Å². The molecule has 1 aromatic heterocycles. The van der Waals surface area contributed by atoms with Gasteiger partial charge in [0.2, 0.25) is 5.91 Å². The Morgan fingerprint density at radius 2 is 1.80 bits per heavy atom. The van der Waals surface area contributed by atoms with Gasteiger partial charge in [0, 0.05) is 30.4 Å². The fourth-order valence-corrected chi connectivity index (χ4v) is 6.06. The van der Waals surface area contributed by atoms with E-state index in [4.69, 9.17) is 0 Å². The van der Waals surface area contributed by atoms with E-state index in [1.165, 1.54) is 18.2 Å². The number of anilines is 1. The number of hydrogen-bond acceptors (Lipinski definition) is 3. The molecule has 35 heavy (non-hydrogen) atoms. The Bertz CT molecular complexity index is 1230. The van der Waals surface area contributed by atoms with Crippen molar-refractivity contribution in [3.63, 3.8) is 0 Å². The molecule has 2 aliphatic rings. The quantitative estimate of drug-likeness (QED) is 0.447. The van der Waals surface area contributed by atoms with Gasteiger partial charge in [-0.25, -0.2) is 4.39 Å². The lowest BCUT2D eigenvalue weighted by Gasteiger charge is -2.41. The summed E-state index contributed by atoms with van der Waals surface area (Å²) in [4.78, 5) is 19.8. The second-order valence-electron chi connectivity index (χ2n) is 10.0. The molecule has 1 saturated carbocycles. The topological polar surface area (TPSA) is 45.2 Å². The summed E-state index contributed by atoms with van der Waals surface area (Å²) in [6.45, 7) is 1.41. The summed E-state index contributed by atoms with van der Waals surface area (Å²) in [5.74, 6) is -0.416. The molecule has 1 spiro atoms. The summed E-state index contributed by atoms with van der Waals surface area (Å²) in [6, 6.07) is 11.2. The van der Waals surface area contributed by atoms with Crippen molar-refractivity contribution in [2.45, 2.75) is 37.8 Å². The monoisotopic (exact) mass is 485 g/mol. The molecule has 1 saturated heterocycles. The van der Waals surface area contributed by atoms with Crippen LogP contribution in [0.15, 0.2) is 54.7 Å². The molecule has 1 aliphatic heterocycles. The van der Waals surface area contributed by atoms with Gasteiger partial charge in [-0.05, 0) is 98.2 Å². The summed E-state index contributed by atoms with van der Waals surface area (Å²) < 4.78 is 52.5. The maximum atomic E-state index is 13.9. The molecule has 0 radical (unpaired) electrons. The average molecular weight is 486 g/mol. The Morgan fingerprint density at radius 1 is 1.09 bits per heavy atom. The highest BCUT2D eigenvalue weighted by molar-refractivity contribution is 5.93. The zero-order valence-corrected chi connectivity index (χ0v) is 19.4. The summed E-state index contributed by atoms with van der Waals surface area (Å²) in [5, 5.41) is 3.69. The number of alkyl halides is 3. The van der Waals surface area contributed by atoms with Gasteiger partial charge in [-0.3, -0.25) is 9.78 Å². The van der Waals surface area contributed by atoms with Crippen molar-refractivity contribution in [2.24, 2.45) is 11.3 Å². The van der Waals surface area contributed by atoms with Crippen molar-refractivity contribution in [1.29, 1.82) is 0 Å². The third-order valence-electron chi connectivity index (χ3n) is 7.77. The molecule has 2 heterocycles. The lowest BCUT2D eigenvalue weighted by atomic mass is 9.63. The number of fused-ring (bicyclic) bond motifs is 1. The number of amides is 1. The molecular formula is C27H27F4N3O. The van der Waals surface area contributed by atoms with Crippen molar-refractivity contribution in [1.82, 2.24) is 9.88 Å². The van der Waals surface area contributed by atoms with Crippen LogP contribution in [0.2, 0.25) is 0 Å². The molecule has 2 fully saturated rings. The van der Waals surface area contributed by atoms with E-state index in [1.54, 1.807) is 18.3 Å². The summed E-state index contributed by atoms with van der Waals surface area (Å²) in [5.41, 5.74) is 1.32. The van der Waals surface area contributed by atoms with Gasteiger partial charge in [-0.15, -0.1) is 0 Å². The lowest BCUT2D eigenvalue weighted by molar-refractivity contribution is -0.137. The number of hydrogen-bond donors (Lipinski definition) is 1. The second kappa shape index (κ2) is 8.90. The SMILES string of the molecule is CN1CC(C(=O)Nc2ccc(C(F)(F)F)cc2)C2(CCC(c3ccnc4ccc(F)cc34)CC2)C1. The first-order chi connectivity index (χ1) is 16.6. The minimum absolute atomic E-state index is 0.149. The first-order valence-electron chi connectivity index (χ1n) is 11.9. The molecule has 1 amide bonds. The minimum Gasteiger partial charge on any atom is -0.326 e. The number of benzene rings is 2. The van der Waals surface area contributed by atoms with E-state index in [1.807, 2.05) is 13.1 Å².